The number of hydrazone groups is 1. The smallest absolute Gasteiger partial charge is 0.301 e. The molecule has 12 heteroatoms. The number of nitro benzene ring substituents is 3. The number of rotatable bonds is 11. The molecule has 0 aromatic heterocycles. The molecule has 0 unspecified atom stereocenters. The van der Waals surface area contributed by atoms with Crippen LogP contribution in [0.1, 0.15) is 33.3 Å². The van der Waals surface area contributed by atoms with Gasteiger partial charge in [-0.05, 0) is 24.0 Å². The Morgan fingerprint density at radius 1 is 0.879 bits per heavy atom. The average molecular weight is 458 g/mol. The Kier molecular flexibility index (Phi) is 8.37. The fraction of sp³-hybridized carbons (Fsp3) is 0.381. The lowest BCUT2D eigenvalue weighted by Gasteiger charge is -2.29. The van der Waals surface area contributed by atoms with E-state index in [2.05, 4.69) is 43.1 Å². The van der Waals surface area contributed by atoms with Gasteiger partial charge in [-0.2, -0.15) is 5.10 Å². The van der Waals surface area contributed by atoms with Crippen LogP contribution in [-0.2, 0) is 0 Å². The van der Waals surface area contributed by atoms with Gasteiger partial charge in [-0.3, -0.25) is 35.8 Å². The van der Waals surface area contributed by atoms with Crippen LogP contribution >= 0.6 is 0 Å². The van der Waals surface area contributed by atoms with Crippen molar-refractivity contribution >= 4 is 34.7 Å². The van der Waals surface area contributed by atoms with E-state index < -0.39 is 26.1 Å². The highest BCUT2D eigenvalue weighted by molar-refractivity contribution is 5.89. The van der Waals surface area contributed by atoms with E-state index >= 15 is 0 Å². The zero-order valence-electron chi connectivity index (χ0n) is 18.8. The second-order valence-electron chi connectivity index (χ2n) is 8.28. The summed E-state index contributed by atoms with van der Waals surface area (Å²) in [5, 5.41) is 37.5. The first kappa shape index (κ1) is 25.2. The predicted octanol–water partition coefficient (Wildman–Crippen LogP) is 4.98. The van der Waals surface area contributed by atoms with Gasteiger partial charge in [0.15, 0.2) is 0 Å². The highest BCUT2D eigenvalue weighted by Gasteiger charge is 2.20. The number of hydrogen-bond acceptors (Lipinski definition) is 9. The molecule has 0 radical (unpaired) electrons. The molecule has 2 aromatic rings. The Labute approximate surface area is 190 Å². The highest BCUT2D eigenvalue weighted by atomic mass is 16.6. The third kappa shape index (κ3) is 6.95. The third-order valence-electron chi connectivity index (χ3n) is 4.51. The minimum absolute atomic E-state index is 0.0463. The van der Waals surface area contributed by atoms with Crippen molar-refractivity contribution in [3.05, 3.63) is 72.3 Å². The van der Waals surface area contributed by atoms with E-state index in [9.17, 15) is 30.3 Å². The largest absolute Gasteiger partial charge is 0.370 e. The Balaban J connectivity index is 2.44. The summed E-state index contributed by atoms with van der Waals surface area (Å²) in [6.07, 6.45) is 1.35. The average Bonchev–Trinajstić information content (AvgIpc) is 2.72. The van der Waals surface area contributed by atoms with Crippen molar-refractivity contribution in [1.29, 1.82) is 0 Å². The molecule has 12 nitrogen and oxygen atoms in total. The maximum Gasteiger partial charge on any atom is 0.301 e. The van der Waals surface area contributed by atoms with Gasteiger partial charge in [0.2, 0.25) is 0 Å². The van der Waals surface area contributed by atoms with E-state index in [0.29, 0.717) is 17.4 Å². The Morgan fingerprint density at radius 2 is 1.42 bits per heavy atom. The van der Waals surface area contributed by atoms with Crippen LogP contribution in [-0.4, -0.2) is 34.1 Å². The molecule has 0 saturated heterocycles. The fourth-order valence-corrected chi connectivity index (χ4v) is 3.25. The van der Waals surface area contributed by atoms with E-state index in [1.165, 1.54) is 24.4 Å². The topological polar surface area (TPSA) is 157 Å². The van der Waals surface area contributed by atoms with Gasteiger partial charge in [-0.15, -0.1) is 0 Å². The highest BCUT2D eigenvalue weighted by Crippen LogP contribution is 2.30. The van der Waals surface area contributed by atoms with E-state index in [1.807, 2.05) is 0 Å². The maximum atomic E-state index is 11.3. The molecule has 0 amide bonds. The van der Waals surface area contributed by atoms with E-state index in [1.54, 1.807) is 6.07 Å². The molecule has 0 aliphatic rings. The number of nitro groups is 3. The van der Waals surface area contributed by atoms with E-state index in [0.717, 1.165) is 30.9 Å². The van der Waals surface area contributed by atoms with Crippen LogP contribution < -0.4 is 10.3 Å². The third-order valence-corrected chi connectivity index (χ3v) is 4.51. The molecule has 0 spiro atoms. The number of nitrogens with one attached hydrogen (secondary N) is 1. The first-order valence-corrected chi connectivity index (χ1v) is 10.2. The predicted molar refractivity (Wildman–Crippen MR) is 126 cm³/mol. The van der Waals surface area contributed by atoms with Gasteiger partial charge in [0, 0.05) is 42.5 Å². The second-order valence-corrected chi connectivity index (χ2v) is 8.28. The second kappa shape index (κ2) is 11.0. The number of benzene rings is 2. The van der Waals surface area contributed by atoms with Gasteiger partial charge in [0.1, 0.15) is 5.69 Å². The molecular weight excluding hydrogens is 432 g/mol. The number of hydrogen-bond donors (Lipinski definition) is 1. The molecule has 176 valence electrons. The molecule has 33 heavy (non-hydrogen) atoms. The van der Waals surface area contributed by atoms with Crippen LogP contribution in [0, 0.1) is 42.2 Å². The summed E-state index contributed by atoms with van der Waals surface area (Å²) in [6.45, 7) is 9.73. The Bertz CT molecular complexity index is 1060. The van der Waals surface area contributed by atoms with Gasteiger partial charge in [0.25, 0.3) is 11.4 Å². The zero-order chi connectivity index (χ0) is 24.7. The molecule has 1 N–H and O–H groups in total. The standard InChI is InChI=1S/C21H26N6O6/c1-14(2)12-24(13-15(3)4)20-8-6-17(25(28)29)9-16(20)11-22-23-19-7-5-18(26(30)31)10-21(19)27(32)33/h5-11,14-15,23H,12-13H2,1-4H3/b22-11+. The van der Waals surface area contributed by atoms with Gasteiger partial charge in [0.05, 0.1) is 27.1 Å². The summed E-state index contributed by atoms with van der Waals surface area (Å²) in [7, 11) is 0. The summed E-state index contributed by atoms with van der Waals surface area (Å²) < 4.78 is 0. The molecule has 0 atom stereocenters. The number of nitrogens with zero attached hydrogens (tertiary/aromatic N) is 5. The van der Waals surface area contributed by atoms with Crippen molar-refractivity contribution in [3.8, 4) is 0 Å². The van der Waals surface area contributed by atoms with Crippen LogP contribution in [0.4, 0.5) is 28.4 Å². The summed E-state index contributed by atoms with van der Waals surface area (Å²) >= 11 is 0. The molecule has 0 bridgehead atoms. The first-order valence-electron chi connectivity index (χ1n) is 10.2. The van der Waals surface area contributed by atoms with Crippen LogP contribution in [0.3, 0.4) is 0 Å². The lowest BCUT2D eigenvalue weighted by Crippen LogP contribution is -2.32. The van der Waals surface area contributed by atoms with Crippen LogP contribution in [0.25, 0.3) is 0 Å². The minimum Gasteiger partial charge on any atom is -0.370 e. The molecule has 2 rings (SSSR count). The normalized spacial score (nSPS) is 11.2. The Hall–Kier alpha value is -4.09. The van der Waals surface area contributed by atoms with Crippen molar-refractivity contribution in [1.82, 2.24) is 0 Å². The maximum absolute atomic E-state index is 11.3. The minimum atomic E-state index is -0.753. The molecular formula is C21H26N6O6. The molecule has 0 aliphatic heterocycles. The molecule has 0 aliphatic carbocycles. The summed E-state index contributed by atoms with van der Waals surface area (Å²) in [4.78, 5) is 33.6. The van der Waals surface area contributed by atoms with E-state index in [-0.39, 0.29) is 11.4 Å². The SMILES string of the molecule is CC(C)CN(CC(C)C)c1ccc([N+](=O)[O-])cc1/C=N/Nc1ccc([N+](=O)[O-])cc1[N+](=O)[O-]. The summed E-state index contributed by atoms with van der Waals surface area (Å²) in [5.74, 6) is 0.675. The Morgan fingerprint density at radius 3 is 1.94 bits per heavy atom. The molecule has 0 fully saturated rings. The van der Waals surface area contributed by atoms with Gasteiger partial charge in [-0.1, -0.05) is 27.7 Å². The molecule has 0 heterocycles. The zero-order valence-corrected chi connectivity index (χ0v) is 18.8. The quantitative estimate of drug-likeness (QED) is 0.281. The lowest BCUT2D eigenvalue weighted by molar-refractivity contribution is -0.393. The monoisotopic (exact) mass is 458 g/mol. The molecule has 2 aromatic carbocycles. The van der Waals surface area contributed by atoms with Crippen LogP contribution in [0.2, 0.25) is 0 Å². The first-order chi connectivity index (χ1) is 15.5. The number of anilines is 2. The van der Waals surface area contributed by atoms with Crippen molar-refractivity contribution in [3.63, 3.8) is 0 Å². The van der Waals surface area contributed by atoms with E-state index in [4.69, 9.17) is 0 Å². The van der Waals surface area contributed by atoms with Crippen LogP contribution in [0.5, 0.6) is 0 Å². The number of non-ortho nitro benzene ring substituents is 2. The fourth-order valence-electron chi connectivity index (χ4n) is 3.25. The van der Waals surface area contributed by atoms with Gasteiger partial charge < -0.3 is 4.90 Å². The van der Waals surface area contributed by atoms with Gasteiger partial charge in [-0.25, -0.2) is 0 Å². The lowest BCUT2D eigenvalue weighted by atomic mass is 10.1. The van der Waals surface area contributed by atoms with Gasteiger partial charge >= 0.3 is 5.69 Å². The van der Waals surface area contributed by atoms with Crippen LogP contribution in [0.15, 0.2) is 41.5 Å². The summed E-state index contributed by atoms with van der Waals surface area (Å²) in [5.41, 5.74) is 2.63. The summed E-state index contributed by atoms with van der Waals surface area (Å²) in [6, 6.07) is 7.62. The van der Waals surface area contributed by atoms with Crippen molar-refractivity contribution in [2.75, 3.05) is 23.4 Å². The molecule has 0 saturated carbocycles. The van der Waals surface area contributed by atoms with Crippen molar-refractivity contribution in [2.24, 2.45) is 16.9 Å². The van der Waals surface area contributed by atoms with Crippen molar-refractivity contribution in [2.45, 2.75) is 27.7 Å². The van der Waals surface area contributed by atoms with Crippen molar-refractivity contribution < 1.29 is 14.8 Å².